The van der Waals surface area contributed by atoms with Gasteiger partial charge in [0.25, 0.3) is 5.91 Å². The number of nitrogens with one attached hydrogen (secondary N) is 2. The number of fused-ring (bicyclic) bond motifs is 2. The number of hydrogen-bond donors (Lipinski definition) is 2. The standard InChI is InChI=1S/C18H15N3O4S/c22-16(21-18-20-11-5-1-4-8-15(11)26-18)9-19-17(23)14-10-24-12-6-2-3-7-13(12)25-14/h1-8,14H,9-10H2,(H,19,23)(H,20,21,22)/t14-/m0/s1. The van der Waals surface area contributed by atoms with Crippen LogP contribution in [0.15, 0.2) is 48.5 Å². The first-order valence-electron chi connectivity index (χ1n) is 8.01. The molecule has 3 aromatic rings. The largest absolute Gasteiger partial charge is 0.485 e. The normalized spacial score (nSPS) is 15.5. The highest BCUT2D eigenvalue weighted by Gasteiger charge is 2.27. The molecule has 1 aliphatic rings. The van der Waals surface area contributed by atoms with Crippen LogP contribution < -0.4 is 20.1 Å². The summed E-state index contributed by atoms with van der Waals surface area (Å²) in [6.45, 7) is -0.0708. The van der Waals surface area contributed by atoms with Gasteiger partial charge in [-0.2, -0.15) is 0 Å². The van der Waals surface area contributed by atoms with E-state index in [1.165, 1.54) is 11.3 Å². The molecule has 0 saturated heterocycles. The highest BCUT2D eigenvalue weighted by molar-refractivity contribution is 7.22. The van der Waals surface area contributed by atoms with Crippen molar-refractivity contribution in [3.63, 3.8) is 0 Å². The van der Waals surface area contributed by atoms with Crippen molar-refractivity contribution in [3.8, 4) is 11.5 Å². The van der Waals surface area contributed by atoms with Gasteiger partial charge in [-0.1, -0.05) is 35.6 Å². The van der Waals surface area contributed by atoms with Gasteiger partial charge in [0.2, 0.25) is 12.0 Å². The predicted molar refractivity (Wildman–Crippen MR) is 97.6 cm³/mol. The summed E-state index contributed by atoms with van der Waals surface area (Å²) in [5.41, 5.74) is 0.822. The van der Waals surface area contributed by atoms with Crippen LogP contribution in [0.3, 0.4) is 0 Å². The van der Waals surface area contributed by atoms with Crippen molar-refractivity contribution >= 4 is 38.5 Å². The molecular weight excluding hydrogens is 354 g/mol. The van der Waals surface area contributed by atoms with E-state index in [0.717, 1.165) is 10.2 Å². The first kappa shape index (κ1) is 16.3. The van der Waals surface area contributed by atoms with Gasteiger partial charge >= 0.3 is 0 Å². The zero-order valence-electron chi connectivity index (χ0n) is 13.6. The number of rotatable bonds is 4. The molecule has 1 atom stereocenters. The van der Waals surface area contributed by atoms with Crippen LogP contribution in [-0.4, -0.2) is 36.1 Å². The van der Waals surface area contributed by atoms with Crippen LogP contribution in [0.2, 0.25) is 0 Å². The summed E-state index contributed by atoms with van der Waals surface area (Å²) in [5, 5.41) is 5.74. The van der Waals surface area contributed by atoms with Crippen LogP contribution in [0.4, 0.5) is 5.13 Å². The molecule has 8 heteroatoms. The molecule has 0 bridgehead atoms. The van der Waals surface area contributed by atoms with Crippen molar-refractivity contribution in [2.24, 2.45) is 0 Å². The molecule has 1 aliphatic heterocycles. The van der Waals surface area contributed by atoms with E-state index in [1.54, 1.807) is 18.2 Å². The Morgan fingerprint density at radius 3 is 2.73 bits per heavy atom. The fraction of sp³-hybridized carbons (Fsp3) is 0.167. The Morgan fingerprint density at radius 2 is 1.88 bits per heavy atom. The predicted octanol–water partition coefficient (Wildman–Crippen LogP) is 2.19. The monoisotopic (exact) mass is 369 g/mol. The number of thiazole rings is 1. The summed E-state index contributed by atoms with van der Waals surface area (Å²) in [7, 11) is 0. The maximum atomic E-state index is 12.2. The zero-order valence-corrected chi connectivity index (χ0v) is 14.4. The van der Waals surface area contributed by atoms with Crippen LogP contribution in [0.25, 0.3) is 10.2 Å². The van der Waals surface area contributed by atoms with E-state index in [-0.39, 0.29) is 19.1 Å². The first-order valence-corrected chi connectivity index (χ1v) is 8.82. The molecule has 26 heavy (non-hydrogen) atoms. The number of hydrogen-bond acceptors (Lipinski definition) is 6. The number of ether oxygens (including phenoxy) is 2. The average molecular weight is 369 g/mol. The van der Waals surface area contributed by atoms with Crippen molar-refractivity contribution in [2.75, 3.05) is 18.5 Å². The lowest BCUT2D eigenvalue weighted by molar-refractivity contribution is -0.131. The van der Waals surface area contributed by atoms with E-state index < -0.39 is 12.0 Å². The summed E-state index contributed by atoms with van der Waals surface area (Å²) < 4.78 is 12.1. The number of amides is 2. The Morgan fingerprint density at radius 1 is 1.12 bits per heavy atom. The topological polar surface area (TPSA) is 89.6 Å². The third-order valence-electron chi connectivity index (χ3n) is 3.76. The molecular formula is C18H15N3O4S. The van der Waals surface area contributed by atoms with Gasteiger partial charge in [0.15, 0.2) is 16.6 Å². The van der Waals surface area contributed by atoms with Gasteiger partial charge in [-0.25, -0.2) is 4.98 Å². The Labute approximate surface area is 152 Å². The highest BCUT2D eigenvalue weighted by atomic mass is 32.1. The summed E-state index contributed by atoms with van der Waals surface area (Å²) in [4.78, 5) is 28.6. The van der Waals surface area contributed by atoms with Gasteiger partial charge in [-0.05, 0) is 24.3 Å². The van der Waals surface area contributed by atoms with Crippen molar-refractivity contribution in [1.82, 2.24) is 10.3 Å². The Bertz CT molecular complexity index is 939. The van der Waals surface area contributed by atoms with Gasteiger partial charge in [0.1, 0.15) is 6.61 Å². The van der Waals surface area contributed by atoms with Crippen LogP contribution in [0, 0.1) is 0 Å². The second-order valence-corrected chi connectivity index (χ2v) is 6.65. The number of benzene rings is 2. The SMILES string of the molecule is O=C(CNC(=O)[C@@H]1COc2ccccc2O1)Nc1nc2ccccc2s1. The molecule has 2 amide bonds. The van der Waals surface area contributed by atoms with E-state index in [1.807, 2.05) is 30.3 Å². The summed E-state index contributed by atoms with van der Waals surface area (Å²) >= 11 is 1.38. The first-order chi connectivity index (χ1) is 12.7. The Hall–Kier alpha value is -3.13. The minimum Gasteiger partial charge on any atom is -0.485 e. The van der Waals surface area contributed by atoms with E-state index in [0.29, 0.717) is 16.6 Å². The zero-order chi connectivity index (χ0) is 17.9. The van der Waals surface area contributed by atoms with Gasteiger partial charge in [-0.3, -0.25) is 9.59 Å². The van der Waals surface area contributed by atoms with Crippen LogP contribution in [0.5, 0.6) is 11.5 Å². The molecule has 4 rings (SSSR count). The second-order valence-electron chi connectivity index (χ2n) is 5.62. The lowest BCUT2D eigenvalue weighted by Crippen LogP contribution is -2.46. The highest BCUT2D eigenvalue weighted by Crippen LogP contribution is 2.30. The van der Waals surface area contributed by atoms with E-state index in [4.69, 9.17) is 9.47 Å². The number of para-hydroxylation sites is 3. The number of carbonyl (C=O) groups is 2. The summed E-state index contributed by atoms with van der Waals surface area (Å²) in [6, 6.07) is 14.7. The maximum absolute atomic E-state index is 12.2. The van der Waals surface area contributed by atoms with Gasteiger partial charge in [0, 0.05) is 0 Å². The lowest BCUT2D eigenvalue weighted by atomic mass is 10.2. The fourth-order valence-corrected chi connectivity index (χ4v) is 3.40. The van der Waals surface area contributed by atoms with Crippen molar-refractivity contribution in [1.29, 1.82) is 0 Å². The number of nitrogens with zero attached hydrogens (tertiary/aromatic N) is 1. The van der Waals surface area contributed by atoms with Crippen molar-refractivity contribution < 1.29 is 19.1 Å². The molecule has 132 valence electrons. The molecule has 2 aromatic carbocycles. The molecule has 0 aliphatic carbocycles. The molecule has 2 heterocycles. The second kappa shape index (κ2) is 7.01. The number of aromatic nitrogens is 1. The maximum Gasteiger partial charge on any atom is 0.265 e. The average Bonchev–Trinajstić information content (AvgIpc) is 3.08. The summed E-state index contributed by atoms with van der Waals surface area (Å²) in [6.07, 6.45) is -0.792. The minimum atomic E-state index is -0.792. The van der Waals surface area contributed by atoms with E-state index >= 15 is 0 Å². The smallest absolute Gasteiger partial charge is 0.265 e. The van der Waals surface area contributed by atoms with Gasteiger partial charge in [0.05, 0.1) is 16.8 Å². The molecule has 2 N–H and O–H groups in total. The Balaban J connectivity index is 1.31. The van der Waals surface area contributed by atoms with E-state index in [2.05, 4.69) is 15.6 Å². The van der Waals surface area contributed by atoms with Crippen LogP contribution in [0.1, 0.15) is 0 Å². The molecule has 7 nitrogen and oxygen atoms in total. The lowest BCUT2D eigenvalue weighted by Gasteiger charge is -2.25. The number of carbonyl (C=O) groups excluding carboxylic acids is 2. The van der Waals surface area contributed by atoms with Crippen LogP contribution >= 0.6 is 11.3 Å². The van der Waals surface area contributed by atoms with Gasteiger partial charge < -0.3 is 20.1 Å². The molecule has 1 aromatic heterocycles. The molecule has 0 radical (unpaired) electrons. The third kappa shape index (κ3) is 3.45. The quantitative estimate of drug-likeness (QED) is 0.736. The van der Waals surface area contributed by atoms with Crippen molar-refractivity contribution in [2.45, 2.75) is 6.10 Å². The van der Waals surface area contributed by atoms with Gasteiger partial charge in [-0.15, -0.1) is 0 Å². The third-order valence-corrected chi connectivity index (χ3v) is 4.72. The van der Waals surface area contributed by atoms with Crippen LogP contribution in [-0.2, 0) is 9.59 Å². The molecule has 0 spiro atoms. The molecule has 0 saturated carbocycles. The molecule has 0 fully saturated rings. The van der Waals surface area contributed by atoms with Crippen molar-refractivity contribution in [3.05, 3.63) is 48.5 Å². The Kier molecular flexibility index (Phi) is 4.40. The minimum absolute atomic E-state index is 0.0995. The summed E-state index contributed by atoms with van der Waals surface area (Å²) in [5.74, 6) is 0.358. The molecule has 0 unspecified atom stereocenters. The number of anilines is 1. The van der Waals surface area contributed by atoms with E-state index in [9.17, 15) is 9.59 Å². The fourth-order valence-electron chi connectivity index (χ4n) is 2.52.